The maximum atomic E-state index is 12.1. The summed E-state index contributed by atoms with van der Waals surface area (Å²) in [5, 5.41) is 3.67. The average Bonchev–Trinajstić information content (AvgIpc) is 3.17. The van der Waals surface area contributed by atoms with Crippen molar-refractivity contribution in [3.63, 3.8) is 0 Å². The van der Waals surface area contributed by atoms with Crippen molar-refractivity contribution in [2.75, 3.05) is 46.9 Å². The van der Waals surface area contributed by atoms with Crippen LogP contribution in [0.5, 0.6) is 0 Å². The van der Waals surface area contributed by atoms with E-state index in [0.29, 0.717) is 12.0 Å². The van der Waals surface area contributed by atoms with E-state index in [1.807, 2.05) is 6.92 Å². The van der Waals surface area contributed by atoms with Crippen molar-refractivity contribution in [3.05, 3.63) is 35.4 Å². The molecule has 1 aromatic carbocycles. The van der Waals surface area contributed by atoms with Crippen molar-refractivity contribution in [3.8, 4) is 0 Å². The number of hydrogen-bond donors (Lipinski definition) is 1. The molecule has 29 heavy (non-hydrogen) atoms. The van der Waals surface area contributed by atoms with E-state index in [1.165, 1.54) is 11.1 Å². The molecule has 0 bridgehead atoms. The monoisotopic (exact) mass is 514 g/mol. The fourth-order valence-electron chi connectivity index (χ4n) is 3.97. The molecule has 2 atom stereocenters. The van der Waals surface area contributed by atoms with E-state index in [2.05, 4.69) is 34.5 Å². The van der Waals surface area contributed by atoms with Crippen molar-refractivity contribution in [1.29, 1.82) is 0 Å². The standard InChI is InChI=1S/C22H34N4O2.HI/c1-4-28-16-17-11-12-26(15-17)22(23-14-21(27)25(2)3)24-20-10-9-18-7-5-6-8-19(18)13-20;/h5-8,17,20H,4,9-16H2,1-3H3,(H,23,24);1H. The number of carbonyl (C=O) groups excluding carboxylic acids is 1. The summed E-state index contributed by atoms with van der Waals surface area (Å²) >= 11 is 0. The van der Waals surface area contributed by atoms with Crippen LogP contribution in [0, 0.1) is 5.92 Å². The van der Waals surface area contributed by atoms with Gasteiger partial charge in [0.25, 0.3) is 0 Å². The number of halogens is 1. The molecule has 1 fully saturated rings. The first-order valence-electron chi connectivity index (χ1n) is 10.5. The number of likely N-dealkylation sites (N-methyl/N-ethyl adjacent to an activating group) is 1. The van der Waals surface area contributed by atoms with Gasteiger partial charge in [0.2, 0.25) is 5.91 Å². The number of guanidine groups is 1. The van der Waals surface area contributed by atoms with Crippen LogP contribution in [0.1, 0.15) is 30.9 Å². The molecule has 1 aromatic rings. The van der Waals surface area contributed by atoms with Crippen LogP contribution in [0.15, 0.2) is 29.3 Å². The molecule has 1 amide bonds. The minimum absolute atomic E-state index is 0. The van der Waals surface area contributed by atoms with Crippen LogP contribution in [-0.2, 0) is 22.4 Å². The minimum Gasteiger partial charge on any atom is -0.381 e. The minimum atomic E-state index is 0. The second-order valence-electron chi connectivity index (χ2n) is 8.04. The molecular formula is C22H35IN4O2. The molecule has 1 N–H and O–H groups in total. The van der Waals surface area contributed by atoms with Crippen molar-refractivity contribution in [2.45, 2.75) is 38.6 Å². The SMILES string of the molecule is CCOCC1CCN(C(=NCC(=O)N(C)C)NC2CCc3ccccc3C2)C1.I. The maximum absolute atomic E-state index is 12.1. The van der Waals surface area contributed by atoms with Crippen LogP contribution in [-0.4, -0.2) is 74.7 Å². The number of hydrogen-bond acceptors (Lipinski definition) is 3. The number of aliphatic imine (C=N–C) groups is 1. The van der Waals surface area contributed by atoms with E-state index in [4.69, 9.17) is 9.73 Å². The number of rotatable bonds is 6. The zero-order valence-electron chi connectivity index (χ0n) is 17.9. The molecule has 6 nitrogen and oxygen atoms in total. The zero-order valence-corrected chi connectivity index (χ0v) is 20.2. The summed E-state index contributed by atoms with van der Waals surface area (Å²) in [7, 11) is 3.55. The van der Waals surface area contributed by atoms with Crippen molar-refractivity contribution >= 4 is 35.8 Å². The van der Waals surface area contributed by atoms with E-state index in [9.17, 15) is 4.79 Å². The molecule has 162 valence electrons. The summed E-state index contributed by atoms with van der Waals surface area (Å²) < 4.78 is 5.62. The molecule has 1 aliphatic carbocycles. The van der Waals surface area contributed by atoms with Gasteiger partial charge in [-0.05, 0) is 43.7 Å². The van der Waals surface area contributed by atoms with Gasteiger partial charge in [-0.2, -0.15) is 0 Å². The van der Waals surface area contributed by atoms with Crippen LogP contribution >= 0.6 is 24.0 Å². The molecule has 0 spiro atoms. The van der Waals surface area contributed by atoms with Crippen LogP contribution < -0.4 is 5.32 Å². The lowest BCUT2D eigenvalue weighted by atomic mass is 9.88. The lowest BCUT2D eigenvalue weighted by Gasteiger charge is -2.30. The molecule has 0 aromatic heterocycles. The van der Waals surface area contributed by atoms with E-state index in [0.717, 1.165) is 57.9 Å². The van der Waals surface area contributed by atoms with Crippen molar-refractivity contribution < 1.29 is 9.53 Å². The third-order valence-electron chi connectivity index (χ3n) is 5.69. The van der Waals surface area contributed by atoms with Crippen LogP contribution in [0.3, 0.4) is 0 Å². The van der Waals surface area contributed by atoms with Gasteiger partial charge >= 0.3 is 0 Å². The highest BCUT2D eigenvalue weighted by molar-refractivity contribution is 14.0. The average molecular weight is 514 g/mol. The normalized spacial score (nSPS) is 21.3. The Balaban J connectivity index is 0.00000300. The first-order valence-corrected chi connectivity index (χ1v) is 10.5. The summed E-state index contributed by atoms with van der Waals surface area (Å²) in [6.45, 7) is 5.68. The fraction of sp³-hybridized carbons (Fsp3) is 0.636. The number of aryl methyl sites for hydroxylation is 1. The molecule has 2 aliphatic rings. The quantitative estimate of drug-likeness (QED) is 0.360. The van der Waals surface area contributed by atoms with Gasteiger partial charge in [0.15, 0.2) is 5.96 Å². The van der Waals surface area contributed by atoms with Gasteiger partial charge in [-0.15, -0.1) is 24.0 Å². The topological polar surface area (TPSA) is 57.2 Å². The predicted molar refractivity (Wildman–Crippen MR) is 128 cm³/mol. The summed E-state index contributed by atoms with van der Waals surface area (Å²) in [4.78, 5) is 20.7. The number of nitrogens with one attached hydrogen (secondary N) is 1. The molecule has 0 saturated carbocycles. The third kappa shape index (κ3) is 6.84. The Morgan fingerprint density at radius 2 is 2.03 bits per heavy atom. The van der Waals surface area contributed by atoms with Crippen molar-refractivity contribution in [1.82, 2.24) is 15.1 Å². The second-order valence-corrected chi connectivity index (χ2v) is 8.04. The maximum Gasteiger partial charge on any atom is 0.243 e. The first-order chi connectivity index (χ1) is 13.6. The van der Waals surface area contributed by atoms with E-state index >= 15 is 0 Å². The van der Waals surface area contributed by atoms with Gasteiger partial charge in [0.1, 0.15) is 6.54 Å². The number of fused-ring (bicyclic) bond motifs is 1. The first kappa shape index (κ1) is 23.9. The largest absolute Gasteiger partial charge is 0.381 e. The lowest BCUT2D eigenvalue weighted by Crippen LogP contribution is -2.47. The molecule has 3 rings (SSSR count). The highest BCUT2D eigenvalue weighted by Gasteiger charge is 2.27. The van der Waals surface area contributed by atoms with E-state index < -0.39 is 0 Å². The Labute approximate surface area is 192 Å². The second kappa shape index (κ2) is 11.7. The van der Waals surface area contributed by atoms with Crippen LogP contribution in [0.25, 0.3) is 0 Å². The predicted octanol–water partition coefficient (Wildman–Crippen LogP) is 2.55. The highest BCUT2D eigenvalue weighted by Crippen LogP contribution is 2.22. The van der Waals surface area contributed by atoms with Gasteiger partial charge in [-0.25, -0.2) is 4.99 Å². The summed E-state index contributed by atoms with van der Waals surface area (Å²) in [6, 6.07) is 9.05. The molecule has 1 heterocycles. The van der Waals surface area contributed by atoms with Gasteiger partial charge in [-0.3, -0.25) is 4.79 Å². The van der Waals surface area contributed by atoms with Crippen LogP contribution in [0.4, 0.5) is 0 Å². The Morgan fingerprint density at radius 3 is 2.76 bits per heavy atom. The molecule has 1 saturated heterocycles. The fourth-order valence-corrected chi connectivity index (χ4v) is 3.97. The number of nitrogens with zero attached hydrogens (tertiary/aromatic N) is 3. The highest BCUT2D eigenvalue weighted by atomic mass is 127. The molecule has 2 unspecified atom stereocenters. The summed E-state index contributed by atoms with van der Waals surface area (Å²) in [5.74, 6) is 1.43. The summed E-state index contributed by atoms with van der Waals surface area (Å²) in [5.41, 5.74) is 2.88. The molecule has 1 aliphatic heterocycles. The van der Waals surface area contributed by atoms with Crippen molar-refractivity contribution in [2.24, 2.45) is 10.9 Å². The van der Waals surface area contributed by atoms with Gasteiger partial charge in [-0.1, -0.05) is 24.3 Å². The van der Waals surface area contributed by atoms with Crippen LogP contribution in [0.2, 0.25) is 0 Å². The third-order valence-corrected chi connectivity index (χ3v) is 5.69. The smallest absolute Gasteiger partial charge is 0.243 e. The number of likely N-dealkylation sites (tertiary alicyclic amines) is 1. The summed E-state index contributed by atoms with van der Waals surface area (Å²) in [6.07, 6.45) is 4.29. The number of ether oxygens (including phenoxy) is 1. The molecule has 7 heteroatoms. The van der Waals surface area contributed by atoms with E-state index in [-0.39, 0.29) is 36.4 Å². The van der Waals surface area contributed by atoms with Gasteiger partial charge in [0.05, 0.1) is 6.61 Å². The Hall–Kier alpha value is -1.35. The Kier molecular flexibility index (Phi) is 9.68. The van der Waals surface area contributed by atoms with Gasteiger partial charge in [0, 0.05) is 45.8 Å². The number of carbonyl (C=O) groups is 1. The molecule has 0 radical (unpaired) electrons. The Bertz CT molecular complexity index is 695. The number of amides is 1. The Morgan fingerprint density at radius 1 is 1.28 bits per heavy atom. The zero-order chi connectivity index (χ0) is 19.9. The molecular weight excluding hydrogens is 479 g/mol. The lowest BCUT2D eigenvalue weighted by molar-refractivity contribution is -0.127. The van der Waals surface area contributed by atoms with Gasteiger partial charge < -0.3 is 19.9 Å². The number of benzene rings is 1. The van der Waals surface area contributed by atoms with E-state index in [1.54, 1.807) is 19.0 Å².